The van der Waals surface area contributed by atoms with Gasteiger partial charge in [0.15, 0.2) is 0 Å². The lowest BCUT2D eigenvalue weighted by Crippen LogP contribution is -2.25. The summed E-state index contributed by atoms with van der Waals surface area (Å²) < 4.78 is 10.9. The highest BCUT2D eigenvalue weighted by molar-refractivity contribution is 5.96. The molecular weight excluding hydrogens is 388 g/mol. The summed E-state index contributed by atoms with van der Waals surface area (Å²) in [6, 6.07) is 20.3. The number of carbonyl (C=O) groups is 1. The normalized spacial score (nSPS) is 13.1. The molecule has 2 aromatic carbocycles. The third-order valence-corrected chi connectivity index (χ3v) is 5.37. The van der Waals surface area contributed by atoms with Crippen LogP contribution in [0.1, 0.15) is 24.6 Å². The van der Waals surface area contributed by atoms with Crippen molar-refractivity contribution >= 4 is 17.7 Å². The van der Waals surface area contributed by atoms with Gasteiger partial charge in [-0.25, -0.2) is 4.79 Å². The van der Waals surface area contributed by atoms with Crippen LogP contribution in [0.25, 0.3) is 17.2 Å². The van der Waals surface area contributed by atoms with Crippen molar-refractivity contribution in [1.29, 1.82) is 0 Å². The first kappa shape index (κ1) is 20.7. The van der Waals surface area contributed by atoms with Crippen molar-refractivity contribution in [1.82, 2.24) is 4.98 Å². The van der Waals surface area contributed by atoms with Crippen LogP contribution in [0.5, 0.6) is 5.75 Å². The maximum atomic E-state index is 12.3. The van der Waals surface area contributed by atoms with Crippen LogP contribution in [-0.2, 0) is 16.1 Å². The fourth-order valence-corrected chi connectivity index (χ4v) is 3.89. The Labute approximate surface area is 183 Å². The number of aromatic nitrogens is 1. The monoisotopic (exact) mass is 414 g/mol. The Morgan fingerprint density at radius 2 is 1.94 bits per heavy atom. The molecule has 31 heavy (non-hydrogen) atoms. The van der Waals surface area contributed by atoms with E-state index in [4.69, 9.17) is 9.47 Å². The van der Waals surface area contributed by atoms with Gasteiger partial charge in [0.1, 0.15) is 5.75 Å². The Morgan fingerprint density at radius 3 is 2.71 bits per heavy atom. The average Bonchev–Trinajstić information content (AvgIpc) is 2.99. The number of methoxy groups -OCH3 is 1. The first-order chi connectivity index (χ1) is 15.2. The van der Waals surface area contributed by atoms with Crippen molar-refractivity contribution in [3.63, 3.8) is 0 Å². The van der Waals surface area contributed by atoms with Crippen LogP contribution in [-0.4, -0.2) is 31.2 Å². The molecule has 1 aliphatic rings. The van der Waals surface area contributed by atoms with Gasteiger partial charge in [0, 0.05) is 29.6 Å². The molecule has 1 aromatic heterocycles. The van der Waals surface area contributed by atoms with E-state index in [2.05, 4.69) is 34.1 Å². The zero-order valence-corrected chi connectivity index (χ0v) is 17.9. The molecule has 0 saturated heterocycles. The lowest BCUT2D eigenvalue weighted by atomic mass is 9.99. The zero-order chi connectivity index (χ0) is 21.6. The third kappa shape index (κ3) is 4.61. The van der Waals surface area contributed by atoms with E-state index in [1.165, 1.54) is 7.11 Å². The van der Waals surface area contributed by atoms with E-state index in [0.717, 1.165) is 33.8 Å². The summed E-state index contributed by atoms with van der Waals surface area (Å²) in [4.78, 5) is 19.1. The third-order valence-electron chi connectivity index (χ3n) is 5.37. The first-order valence-electron chi connectivity index (χ1n) is 10.5. The summed E-state index contributed by atoms with van der Waals surface area (Å²) >= 11 is 0. The zero-order valence-electron chi connectivity index (χ0n) is 17.9. The predicted octanol–water partition coefficient (Wildman–Crippen LogP) is 5.11. The highest BCUT2D eigenvalue weighted by Gasteiger charge is 2.21. The summed E-state index contributed by atoms with van der Waals surface area (Å²) in [5, 5.41) is 0. The van der Waals surface area contributed by atoms with Crippen LogP contribution in [0.4, 0.5) is 5.69 Å². The Balaban J connectivity index is 1.77. The molecule has 0 spiro atoms. The minimum atomic E-state index is -0.286. The number of carbonyl (C=O) groups excluding carboxylic acids is 1. The number of fused-ring (bicyclic) bond motifs is 1. The van der Waals surface area contributed by atoms with Crippen molar-refractivity contribution in [2.24, 2.45) is 0 Å². The number of anilines is 1. The molecule has 4 rings (SSSR count). The van der Waals surface area contributed by atoms with E-state index < -0.39 is 0 Å². The Morgan fingerprint density at radius 1 is 1.10 bits per heavy atom. The van der Waals surface area contributed by atoms with Crippen molar-refractivity contribution in [2.45, 2.75) is 19.9 Å². The van der Waals surface area contributed by atoms with Crippen LogP contribution >= 0.6 is 0 Å². The molecule has 0 bridgehead atoms. The highest BCUT2D eigenvalue weighted by atomic mass is 16.5. The van der Waals surface area contributed by atoms with Crippen molar-refractivity contribution in [3.05, 3.63) is 83.7 Å². The molecule has 0 N–H and O–H groups in total. The minimum Gasteiger partial charge on any atom is -0.493 e. The van der Waals surface area contributed by atoms with Crippen molar-refractivity contribution < 1.29 is 14.3 Å². The van der Waals surface area contributed by atoms with Crippen LogP contribution in [0, 0.1) is 0 Å². The SMILES string of the molecule is CCOc1ccccc1-c1ccc2c(c1)C=C(C(=O)OC)CCN2Cc1ccccn1. The maximum Gasteiger partial charge on any atom is 0.333 e. The molecular formula is C26H26N2O3. The summed E-state index contributed by atoms with van der Waals surface area (Å²) in [5.41, 5.74) is 5.78. The molecule has 3 aromatic rings. The molecule has 0 saturated carbocycles. The molecule has 1 aliphatic heterocycles. The van der Waals surface area contributed by atoms with E-state index in [1.807, 2.05) is 49.4 Å². The molecule has 0 amide bonds. The van der Waals surface area contributed by atoms with Gasteiger partial charge in [-0.15, -0.1) is 0 Å². The highest BCUT2D eigenvalue weighted by Crippen LogP contribution is 2.36. The fourth-order valence-electron chi connectivity index (χ4n) is 3.89. The quantitative estimate of drug-likeness (QED) is 0.525. The number of para-hydroxylation sites is 1. The van der Waals surface area contributed by atoms with Gasteiger partial charge in [-0.2, -0.15) is 0 Å². The number of esters is 1. The van der Waals surface area contributed by atoms with E-state index in [0.29, 0.717) is 31.7 Å². The minimum absolute atomic E-state index is 0.286. The van der Waals surface area contributed by atoms with Gasteiger partial charge >= 0.3 is 5.97 Å². The van der Waals surface area contributed by atoms with E-state index in [-0.39, 0.29) is 5.97 Å². The Kier molecular flexibility index (Phi) is 6.32. The average molecular weight is 415 g/mol. The smallest absolute Gasteiger partial charge is 0.333 e. The largest absolute Gasteiger partial charge is 0.493 e. The second-order valence-electron chi connectivity index (χ2n) is 7.36. The van der Waals surface area contributed by atoms with Gasteiger partial charge in [0.05, 0.1) is 26.0 Å². The van der Waals surface area contributed by atoms with E-state index in [9.17, 15) is 4.79 Å². The standard InChI is InChI=1S/C26H26N2O3/c1-3-31-25-10-5-4-9-23(25)19-11-12-24-21(16-19)17-20(26(29)30-2)13-15-28(24)18-22-8-6-7-14-27-22/h4-12,14,16-17H,3,13,15,18H2,1-2H3. The molecule has 5 nitrogen and oxygen atoms in total. The number of benzene rings is 2. The molecule has 2 heterocycles. The Bertz CT molecular complexity index is 1090. The first-order valence-corrected chi connectivity index (χ1v) is 10.5. The summed E-state index contributed by atoms with van der Waals surface area (Å²) in [6.45, 7) is 3.96. The van der Waals surface area contributed by atoms with Gasteiger partial charge in [-0.1, -0.05) is 30.3 Å². The van der Waals surface area contributed by atoms with Crippen molar-refractivity contribution in [2.75, 3.05) is 25.2 Å². The lowest BCUT2D eigenvalue weighted by Gasteiger charge is -2.25. The van der Waals surface area contributed by atoms with E-state index >= 15 is 0 Å². The lowest BCUT2D eigenvalue weighted by molar-refractivity contribution is -0.136. The van der Waals surface area contributed by atoms with Crippen LogP contribution in [0.3, 0.4) is 0 Å². The molecule has 0 aliphatic carbocycles. The number of hydrogen-bond donors (Lipinski definition) is 0. The second kappa shape index (κ2) is 9.47. The summed E-state index contributed by atoms with van der Waals surface area (Å²) in [6.07, 6.45) is 4.37. The summed E-state index contributed by atoms with van der Waals surface area (Å²) in [7, 11) is 1.43. The molecule has 0 unspecified atom stereocenters. The maximum absolute atomic E-state index is 12.3. The molecule has 158 valence electrons. The molecule has 0 radical (unpaired) electrons. The number of nitrogens with zero attached hydrogens (tertiary/aromatic N) is 2. The number of pyridine rings is 1. The van der Waals surface area contributed by atoms with Gasteiger partial charge in [0.2, 0.25) is 0 Å². The summed E-state index contributed by atoms with van der Waals surface area (Å²) in [5.74, 6) is 0.562. The van der Waals surface area contributed by atoms with Gasteiger partial charge in [-0.3, -0.25) is 4.98 Å². The molecule has 0 atom stereocenters. The topological polar surface area (TPSA) is 51.7 Å². The van der Waals surface area contributed by atoms with Gasteiger partial charge < -0.3 is 14.4 Å². The van der Waals surface area contributed by atoms with Crippen LogP contribution in [0.15, 0.2) is 72.4 Å². The molecule has 5 heteroatoms. The van der Waals surface area contributed by atoms with Crippen molar-refractivity contribution in [3.8, 4) is 16.9 Å². The molecule has 0 fully saturated rings. The number of hydrogen-bond acceptors (Lipinski definition) is 5. The fraction of sp³-hybridized carbons (Fsp3) is 0.231. The van der Waals surface area contributed by atoms with Crippen LogP contribution in [0.2, 0.25) is 0 Å². The van der Waals surface area contributed by atoms with Gasteiger partial charge in [-0.05, 0) is 60.9 Å². The second-order valence-corrected chi connectivity index (χ2v) is 7.36. The number of rotatable bonds is 6. The van der Waals surface area contributed by atoms with Gasteiger partial charge in [0.25, 0.3) is 0 Å². The van der Waals surface area contributed by atoms with E-state index in [1.54, 1.807) is 6.20 Å². The van der Waals surface area contributed by atoms with Crippen LogP contribution < -0.4 is 9.64 Å². The predicted molar refractivity (Wildman–Crippen MR) is 123 cm³/mol. The number of ether oxygens (including phenoxy) is 2. The Hall–Kier alpha value is -3.60.